The van der Waals surface area contributed by atoms with Crippen LogP contribution in [0, 0.1) is 5.82 Å². The zero-order valence-corrected chi connectivity index (χ0v) is 13.9. The standard InChI is InChI=1S/C15H22FN3O3S/c1-23(21,22)18-13-6-4-10-19(11-13)15(20)17-9-8-12-5-2-3-7-14(12)16/h2-3,5,7,13,18H,4,6,8-11H2,1H3,(H,17,20)/t13-/m0/s1. The van der Waals surface area contributed by atoms with E-state index in [2.05, 4.69) is 10.0 Å². The van der Waals surface area contributed by atoms with Gasteiger partial charge in [0.25, 0.3) is 0 Å². The van der Waals surface area contributed by atoms with Crippen LogP contribution in [0.25, 0.3) is 0 Å². The maximum absolute atomic E-state index is 13.5. The third-order valence-electron chi connectivity index (χ3n) is 3.72. The molecule has 0 unspecified atom stereocenters. The van der Waals surface area contributed by atoms with Crippen molar-refractivity contribution < 1.29 is 17.6 Å². The Balaban J connectivity index is 1.80. The smallest absolute Gasteiger partial charge is 0.317 e. The Bertz CT molecular complexity index is 651. The number of piperidine rings is 1. The SMILES string of the molecule is CS(=O)(=O)N[C@H]1CCCN(C(=O)NCCc2ccccc2F)C1. The molecule has 1 aliphatic heterocycles. The van der Waals surface area contributed by atoms with E-state index in [1.54, 1.807) is 23.1 Å². The Morgan fingerprint density at radius 1 is 1.39 bits per heavy atom. The fourth-order valence-electron chi connectivity index (χ4n) is 2.68. The van der Waals surface area contributed by atoms with E-state index in [1.165, 1.54) is 6.07 Å². The Hall–Kier alpha value is -1.67. The molecule has 2 N–H and O–H groups in total. The highest BCUT2D eigenvalue weighted by atomic mass is 32.2. The Kier molecular flexibility index (Phi) is 5.95. The van der Waals surface area contributed by atoms with Gasteiger partial charge in [-0.05, 0) is 30.9 Å². The number of halogens is 1. The number of nitrogens with one attached hydrogen (secondary N) is 2. The number of nitrogens with zero attached hydrogens (tertiary/aromatic N) is 1. The number of amides is 2. The van der Waals surface area contributed by atoms with Crippen molar-refractivity contribution in [2.75, 3.05) is 25.9 Å². The molecule has 8 heteroatoms. The summed E-state index contributed by atoms with van der Waals surface area (Å²) in [6.07, 6.45) is 2.98. The summed E-state index contributed by atoms with van der Waals surface area (Å²) in [5.74, 6) is -0.280. The second kappa shape index (κ2) is 7.74. The van der Waals surface area contributed by atoms with Gasteiger partial charge in [0.1, 0.15) is 5.82 Å². The van der Waals surface area contributed by atoms with Gasteiger partial charge in [0.05, 0.1) is 6.26 Å². The zero-order valence-electron chi connectivity index (χ0n) is 13.1. The number of likely N-dealkylation sites (tertiary alicyclic amines) is 1. The molecule has 0 aliphatic carbocycles. The van der Waals surface area contributed by atoms with Gasteiger partial charge in [-0.15, -0.1) is 0 Å². The molecule has 1 aliphatic rings. The molecule has 0 aromatic heterocycles. The van der Waals surface area contributed by atoms with Crippen LogP contribution < -0.4 is 10.0 Å². The summed E-state index contributed by atoms with van der Waals surface area (Å²) in [6.45, 7) is 1.27. The first-order valence-corrected chi connectivity index (χ1v) is 9.48. The van der Waals surface area contributed by atoms with Crippen LogP contribution in [0.5, 0.6) is 0 Å². The summed E-state index contributed by atoms with van der Waals surface area (Å²) in [5.41, 5.74) is 0.558. The van der Waals surface area contributed by atoms with Crippen LogP contribution in [-0.2, 0) is 16.4 Å². The summed E-state index contributed by atoms with van der Waals surface area (Å²) in [6, 6.07) is 5.96. The number of benzene rings is 1. The molecule has 1 fully saturated rings. The zero-order chi connectivity index (χ0) is 16.9. The van der Waals surface area contributed by atoms with Gasteiger partial charge in [0.15, 0.2) is 0 Å². The van der Waals surface area contributed by atoms with Gasteiger partial charge < -0.3 is 10.2 Å². The highest BCUT2D eigenvalue weighted by Gasteiger charge is 2.25. The Morgan fingerprint density at radius 2 is 2.13 bits per heavy atom. The highest BCUT2D eigenvalue weighted by molar-refractivity contribution is 7.88. The molecule has 0 saturated carbocycles. The van der Waals surface area contributed by atoms with Crippen LogP contribution in [-0.4, -0.2) is 51.3 Å². The van der Waals surface area contributed by atoms with Crippen LogP contribution in [0.1, 0.15) is 18.4 Å². The Morgan fingerprint density at radius 3 is 2.83 bits per heavy atom. The second-order valence-electron chi connectivity index (χ2n) is 5.75. The molecule has 23 heavy (non-hydrogen) atoms. The third kappa shape index (κ3) is 5.80. The van der Waals surface area contributed by atoms with Crippen molar-refractivity contribution in [2.45, 2.75) is 25.3 Å². The predicted molar refractivity (Wildman–Crippen MR) is 86.1 cm³/mol. The predicted octanol–water partition coefficient (Wildman–Crippen LogP) is 1.09. The number of urea groups is 1. The van der Waals surface area contributed by atoms with E-state index in [4.69, 9.17) is 0 Å². The Labute approximate surface area is 136 Å². The summed E-state index contributed by atoms with van der Waals surface area (Å²) in [5, 5.41) is 2.75. The van der Waals surface area contributed by atoms with Crippen molar-refractivity contribution in [3.05, 3.63) is 35.6 Å². The average Bonchev–Trinajstić information content (AvgIpc) is 2.47. The maximum atomic E-state index is 13.5. The lowest BCUT2D eigenvalue weighted by Crippen LogP contribution is -2.52. The molecule has 1 aromatic rings. The first-order chi connectivity index (χ1) is 10.8. The molecular weight excluding hydrogens is 321 g/mol. The quantitative estimate of drug-likeness (QED) is 0.840. The molecule has 1 heterocycles. The number of hydrogen-bond acceptors (Lipinski definition) is 3. The van der Waals surface area contributed by atoms with Gasteiger partial charge >= 0.3 is 6.03 Å². The number of hydrogen-bond donors (Lipinski definition) is 2. The van der Waals surface area contributed by atoms with Gasteiger partial charge in [-0.1, -0.05) is 18.2 Å². The van der Waals surface area contributed by atoms with Crippen LogP contribution in [0.3, 0.4) is 0 Å². The van der Waals surface area contributed by atoms with Crippen LogP contribution in [0.4, 0.5) is 9.18 Å². The fourth-order valence-corrected chi connectivity index (χ4v) is 3.48. The molecule has 1 saturated heterocycles. The minimum atomic E-state index is -3.28. The molecule has 1 atom stereocenters. The van der Waals surface area contributed by atoms with Crippen LogP contribution in [0.15, 0.2) is 24.3 Å². The lowest BCUT2D eigenvalue weighted by atomic mass is 10.1. The van der Waals surface area contributed by atoms with E-state index in [0.717, 1.165) is 12.7 Å². The minimum absolute atomic E-state index is 0.249. The van der Waals surface area contributed by atoms with Crippen molar-refractivity contribution in [3.63, 3.8) is 0 Å². The van der Waals surface area contributed by atoms with E-state index in [0.29, 0.717) is 38.0 Å². The summed E-state index contributed by atoms with van der Waals surface area (Å²) >= 11 is 0. The molecule has 0 bridgehead atoms. The van der Waals surface area contributed by atoms with Crippen molar-refractivity contribution in [3.8, 4) is 0 Å². The van der Waals surface area contributed by atoms with Crippen molar-refractivity contribution in [2.24, 2.45) is 0 Å². The third-order valence-corrected chi connectivity index (χ3v) is 4.48. The van der Waals surface area contributed by atoms with Gasteiger partial charge in [0, 0.05) is 25.7 Å². The second-order valence-corrected chi connectivity index (χ2v) is 7.53. The number of sulfonamides is 1. The van der Waals surface area contributed by atoms with Crippen molar-refractivity contribution >= 4 is 16.1 Å². The molecule has 0 radical (unpaired) electrons. The molecule has 128 valence electrons. The van der Waals surface area contributed by atoms with Gasteiger partial charge in [0.2, 0.25) is 10.0 Å². The first kappa shape index (κ1) is 17.7. The normalized spacial score (nSPS) is 18.7. The van der Waals surface area contributed by atoms with Gasteiger partial charge in [-0.2, -0.15) is 0 Å². The lowest BCUT2D eigenvalue weighted by Gasteiger charge is -2.32. The average molecular weight is 343 g/mol. The summed E-state index contributed by atoms with van der Waals surface area (Å²) in [4.78, 5) is 13.7. The van der Waals surface area contributed by atoms with Crippen molar-refractivity contribution in [1.82, 2.24) is 14.9 Å². The molecule has 1 aromatic carbocycles. The molecular formula is C15H22FN3O3S. The maximum Gasteiger partial charge on any atom is 0.317 e. The number of carbonyl (C=O) groups excluding carboxylic acids is 1. The summed E-state index contributed by atoms with van der Waals surface area (Å²) in [7, 11) is -3.28. The summed E-state index contributed by atoms with van der Waals surface area (Å²) < 4.78 is 38.6. The van der Waals surface area contributed by atoms with Gasteiger partial charge in [-0.3, -0.25) is 0 Å². The highest BCUT2D eigenvalue weighted by Crippen LogP contribution is 2.11. The molecule has 0 spiro atoms. The first-order valence-electron chi connectivity index (χ1n) is 7.58. The van der Waals surface area contributed by atoms with Crippen LogP contribution in [0.2, 0.25) is 0 Å². The van der Waals surface area contributed by atoms with Gasteiger partial charge in [-0.25, -0.2) is 22.3 Å². The largest absolute Gasteiger partial charge is 0.338 e. The van der Waals surface area contributed by atoms with E-state index < -0.39 is 10.0 Å². The van der Waals surface area contributed by atoms with E-state index in [1.807, 2.05) is 0 Å². The fraction of sp³-hybridized carbons (Fsp3) is 0.533. The lowest BCUT2D eigenvalue weighted by molar-refractivity contribution is 0.177. The topological polar surface area (TPSA) is 78.5 Å². The van der Waals surface area contributed by atoms with Crippen LogP contribution >= 0.6 is 0 Å². The monoisotopic (exact) mass is 343 g/mol. The van der Waals surface area contributed by atoms with E-state index in [-0.39, 0.29) is 17.9 Å². The molecule has 2 rings (SSSR count). The molecule has 2 amide bonds. The molecule has 6 nitrogen and oxygen atoms in total. The minimum Gasteiger partial charge on any atom is -0.338 e. The number of rotatable bonds is 5. The number of carbonyl (C=O) groups is 1. The van der Waals surface area contributed by atoms with E-state index in [9.17, 15) is 17.6 Å². The van der Waals surface area contributed by atoms with Crippen molar-refractivity contribution in [1.29, 1.82) is 0 Å². The van der Waals surface area contributed by atoms with E-state index >= 15 is 0 Å².